The first kappa shape index (κ1) is 14.1. The average Bonchev–Trinajstić information content (AvgIpc) is 2.86. The second-order valence-corrected chi connectivity index (χ2v) is 4.08. The first-order valence-electron chi connectivity index (χ1n) is 5.86. The maximum atomic E-state index is 12.5. The Morgan fingerprint density at radius 3 is 2.75 bits per heavy atom. The number of rotatable bonds is 5. The molecule has 0 saturated carbocycles. The summed E-state index contributed by atoms with van der Waals surface area (Å²) in [6.45, 7) is 1.17. The van der Waals surface area contributed by atoms with Gasteiger partial charge in [-0.1, -0.05) is 0 Å². The highest BCUT2D eigenvalue weighted by molar-refractivity contribution is 5.44. The standard InChI is InChI=1S/C11H13F3N6/c12-11(13,14)10-18-8(15)6-9(19-10)17-2-1-4-20-5-3-16-7-20/h3,5-7H,1-2,4H2,(H3,15,17,18,19). The lowest BCUT2D eigenvalue weighted by Gasteiger charge is -2.10. The first-order chi connectivity index (χ1) is 9.45. The predicted octanol–water partition coefficient (Wildman–Crippen LogP) is 1.78. The zero-order valence-corrected chi connectivity index (χ0v) is 10.4. The second-order valence-electron chi connectivity index (χ2n) is 4.08. The summed E-state index contributed by atoms with van der Waals surface area (Å²) in [5, 5.41) is 2.80. The summed E-state index contributed by atoms with van der Waals surface area (Å²) in [7, 11) is 0. The van der Waals surface area contributed by atoms with Crippen LogP contribution in [0.2, 0.25) is 0 Å². The molecule has 2 heterocycles. The molecule has 0 unspecified atom stereocenters. The van der Waals surface area contributed by atoms with Crippen LogP contribution in [0.1, 0.15) is 12.2 Å². The Labute approximate surface area is 112 Å². The molecule has 0 amide bonds. The van der Waals surface area contributed by atoms with Crippen LogP contribution in [-0.2, 0) is 12.7 Å². The molecule has 0 atom stereocenters. The van der Waals surface area contributed by atoms with Gasteiger partial charge in [0.1, 0.15) is 11.6 Å². The van der Waals surface area contributed by atoms with Crippen molar-refractivity contribution in [3.63, 3.8) is 0 Å². The molecule has 3 N–H and O–H groups in total. The van der Waals surface area contributed by atoms with E-state index >= 15 is 0 Å². The summed E-state index contributed by atoms with van der Waals surface area (Å²) < 4.78 is 39.4. The maximum absolute atomic E-state index is 12.5. The number of nitrogens with zero attached hydrogens (tertiary/aromatic N) is 4. The minimum absolute atomic E-state index is 0.0652. The van der Waals surface area contributed by atoms with Crippen LogP contribution in [0.3, 0.4) is 0 Å². The van der Waals surface area contributed by atoms with Gasteiger partial charge in [-0.15, -0.1) is 0 Å². The van der Waals surface area contributed by atoms with Gasteiger partial charge in [-0.05, 0) is 6.42 Å². The summed E-state index contributed by atoms with van der Waals surface area (Å²) in [6.07, 6.45) is 1.24. The highest BCUT2D eigenvalue weighted by atomic mass is 19.4. The number of nitrogens with one attached hydrogen (secondary N) is 1. The molecule has 0 aliphatic carbocycles. The smallest absolute Gasteiger partial charge is 0.384 e. The first-order valence-corrected chi connectivity index (χ1v) is 5.86. The molecule has 0 fully saturated rings. The molecule has 2 aromatic heterocycles. The zero-order valence-electron chi connectivity index (χ0n) is 10.4. The van der Waals surface area contributed by atoms with Crippen LogP contribution in [0.25, 0.3) is 0 Å². The minimum atomic E-state index is -4.61. The molecular formula is C11H13F3N6. The van der Waals surface area contributed by atoms with E-state index < -0.39 is 12.0 Å². The number of nitrogen functional groups attached to an aromatic ring is 1. The number of anilines is 2. The molecule has 0 radical (unpaired) electrons. The van der Waals surface area contributed by atoms with Gasteiger partial charge in [0.25, 0.3) is 0 Å². The summed E-state index contributed by atoms with van der Waals surface area (Å²) in [5.74, 6) is -1.39. The fraction of sp³-hybridized carbons (Fsp3) is 0.364. The third-order valence-electron chi connectivity index (χ3n) is 2.46. The molecule has 0 aromatic carbocycles. The molecule has 2 rings (SSSR count). The summed E-state index contributed by atoms with van der Waals surface area (Å²) in [4.78, 5) is 10.4. The van der Waals surface area contributed by atoms with Gasteiger partial charge in [0.15, 0.2) is 0 Å². The van der Waals surface area contributed by atoms with Gasteiger partial charge >= 0.3 is 6.18 Å². The predicted molar refractivity (Wildman–Crippen MR) is 66.8 cm³/mol. The Kier molecular flexibility index (Phi) is 4.06. The van der Waals surface area contributed by atoms with E-state index in [-0.39, 0.29) is 11.6 Å². The van der Waals surface area contributed by atoms with E-state index in [1.165, 1.54) is 6.07 Å². The highest BCUT2D eigenvalue weighted by Crippen LogP contribution is 2.27. The van der Waals surface area contributed by atoms with Gasteiger partial charge in [-0.25, -0.2) is 15.0 Å². The Hall–Kier alpha value is -2.32. The van der Waals surface area contributed by atoms with Gasteiger partial charge < -0.3 is 15.6 Å². The zero-order chi connectivity index (χ0) is 14.6. The number of aromatic nitrogens is 4. The van der Waals surface area contributed by atoms with Crippen LogP contribution in [0, 0.1) is 0 Å². The van der Waals surface area contributed by atoms with Gasteiger partial charge in [-0.2, -0.15) is 13.2 Å². The maximum Gasteiger partial charge on any atom is 0.451 e. The van der Waals surface area contributed by atoms with Crippen molar-refractivity contribution in [2.75, 3.05) is 17.6 Å². The second kappa shape index (κ2) is 5.76. The van der Waals surface area contributed by atoms with Crippen LogP contribution in [-0.4, -0.2) is 26.1 Å². The van der Waals surface area contributed by atoms with E-state index in [4.69, 9.17) is 5.73 Å². The largest absolute Gasteiger partial charge is 0.451 e. The molecule has 0 spiro atoms. The minimum Gasteiger partial charge on any atom is -0.384 e. The highest BCUT2D eigenvalue weighted by Gasteiger charge is 2.35. The molecule has 0 aliphatic heterocycles. The van der Waals surface area contributed by atoms with Crippen molar-refractivity contribution in [3.8, 4) is 0 Å². The third kappa shape index (κ3) is 3.84. The molecule has 0 aliphatic rings. The van der Waals surface area contributed by atoms with Crippen molar-refractivity contribution in [2.45, 2.75) is 19.1 Å². The van der Waals surface area contributed by atoms with E-state index in [9.17, 15) is 13.2 Å². The number of hydrogen-bond donors (Lipinski definition) is 2. The molecule has 0 bridgehead atoms. The monoisotopic (exact) mass is 286 g/mol. The van der Waals surface area contributed by atoms with E-state index in [0.717, 1.165) is 0 Å². The van der Waals surface area contributed by atoms with E-state index in [0.29, 0.717) is 19.5 Å². The van der Waals surface area contributed by atoms with Crippen LogP contribution in [0.4, 0.5) is 24.8 Å². The molecule has 2 aromatic rings. The van der Waals surface area contributed by atoms with Crippen LogP contribution in [0.15, 0.2) is 24.8 Å². The lowest BCUT2D eigenvalue weighted by molar-refractivity contribution is -0.144. The topological polar surface area (TPSA) is 81.6 Å². The van der Waals surface area contributed by atoms with Gasteiger partial charge in [-0.3, -0.25) is 0 Å². The number of imidazole rings is 1. The molecule has 0 saturated heterocycles. The van der Waals surface area contributed by atoms with Gasteiger partial charge in [0.2, 0.25) is 5.82 Å². The number of hydrogen-bond acceptors (Lipinski definition) is 5. The van der Waals surface area contributed by atoms with Crippen molar-refractivity contribution >= 4 is 11.6 Å². The average molecular weight is 286 g/mol. The van der Waals surface area contributed by atoms with E-state index in [1.807, 2.05) is 10.8 Å². The Balaban J connectivity index is 1.91. The van der Waals surface area contributed by atoms with Crippen LogP contribution >= 0.6 is 0 Å². The SMILES string of the molecule is Nc1cc(NCCCn2ccnc2)nc(C(F)(F)F)n1. The quantitative estimate of drug-likeness (QED) is 0.819. The number of alkyl halides is 3. The number of aryl methyl sites for hydroxylation is 1. The molecule has 20 heavy (non-hydrogen) atoms. The molecular weight excluding hydrogens is 273 g/mol. The lowest BCUT2D eigenvalue weighted by atomic mass is 10.4. The van der Waals surface area contributed by atoms with Crippen LogP contribution in [0.5, 0.6) is 0 Å². The fourth-order valence-electron chi connectivity index (χ4n) is 1.58. The van der Waals surface area contributed by atoms with Crippen molar-refractivity contribution in [3.05, 3.63) is 30.6 Å². The summed E-state index contributed by atoms with van der Waals surface area (Å²) in [6, 6.07) is 1.27. The number of nitrogens with two attached hydrogens (primary N) is 1. The van der Waals surface area contributed by atoms with Crippen molar-refractivity contribution in [1.29, 1.82) is 0 Å². The van der Waals surface area contributed by atoms with E-state index in [2.05, 4.69) is 20.3 Å². The molecule has 9 heteroatoms. The van der Waals surface area contributed by atoms with Crippen molar-refractivity contribution < 1.29 is 13.2 Å². The summed E-state index contributed by atoms with van der Waals surface area (Å²) in [5.41, 5.74) is 5.33. The Bertz CT molecular complexity index is 552. The molecule has 6 nitrogen and oxygen atoms in total. The third-order valence-corrected chi connectivity index (χ3v) is 2.46. The van der Waals surface area contributed by atoms with E-state index in [1.54, 1.807) is 12.5 Å². The number of halogens is 3. The Morgan fingerprint density at radius 2 is 2.10 bits per heavy atom. The van der Waals surface area contributed by atoms with Gasteiger partial charge in [0, 0.05) is 31.5 Å². The fourth-order valence-corrected chi connectivity index (χ4v) is 1.58. The lowest BCUT2D eigenvalue weighted by Crippen LogP contribution is -2.15. The Morgan fingerprint density at radius 1 is 1.30 bits per heavy atom. The molecule has 108 valence electrons. The van der Waals surface area contributed by atoms with Gasteiger partial charge in [0.05, 0.1) is 6.33 Å². The van der Waals surface area contributed by atoms with Crippen molar-refractivity contribution in [2.24, 2.45) is 0 Å². The normalized spacial score (nSPS) is 11.6. The summed E-state index contributed by atoms with van der Waals surface area (Å²) >= 11 is 0. The van der Waals surface area contributed by atoms with Crippen LogP contribution < -0.4 is 11.1 Å². The van der Waals surface area contributed by atoms with Crippen molar-refractivity contribution in [1.82, 2.24) is 19.5 Å².